The molecule has 9 heteroatoms. The van der Waals surface area contributed by atoms with Crippen LogP contribution in [0.5, 0.6) is 0 Å². The molecule has 0 unspecified atom stereocenters. The van der Waals surface area contributed by atoms with Crippen LogP contribution in [0.15, 0.2) is 30.5 Å². The van der Waals surface area contributed by atoms with Crippen molar-refractivity contribution in [3.05, 3.63) is 45.9 Å². The molecule has 1 aromatic heterocycles. The lowest BCUT2D eigenvalue weighted by atomic mass is 10.2. The Bertz CT molecular complexity index is 839. The average Bonchev–Trinajstić information content (AvgIpc) is 3.12. The molecule has 0 atom stereocenters. The van der Waals surface area contributed by atoms with Gasteiger partial charge < -0.3 is 15.0 Å². The van der Waals surface area contributed by atoms with Crippen LogP contribution in [0.3, 0.4) is 0 Å². The van der Waals surface area contributed by atoms with Gasteiger partial charge in [-0.2, -0.15) is 0 Å². The van der Waals surface area contributed by atoms with Crippen molar-refractivity contribution in [2.45, 2.75) is 13.3 Å². The second-order valence-electron chi connectivity index (χ2n) is 6.84. The van der Waals surface area contributed by atoms with Gasteiger partial charge in [-0.3, -0.25) is 14.5 Å². The Kier molecular flexibility index (Phi) is 8.00. The summed E-state index contributed by atoms with van der Waals surface area (Å²) < 4.78 is 5.37. The van der Waals surface area contributed by atoms with Gasteiger partial charge in [-0.15, -0.1) is 11.3 Å². The number of hydrogen-bond donors (Lipinski definition) is 1. The van der Waals surface area contributed by atoms with Crippen molar-refractivity contribution in [2.75, 3.05) is 51.3 Å². The molecule has 2 aromatic rings. The molecule has 0 radical (unpaired) electrons. The molecule has 1 aromatic carbocycles. The number of amides is 2. The lowest BCUT2D eigenvalue weighted by Crippen LogP contribution is -2.41. The van der Waals surface area contributed by atoms with Crippen LogP contribution >= 0.6 is 22.9 Å². The van der Waals surface area contributed by atoms with Crippen LogP contribution < -0.4 is 5.32 Å². The van der Waals surface area contributed by atoms with Crippen molar-refractivity contribution in [3.8, 4) is 0 Å². The highest BCUT2D eigenvalue weighted by atomic mass is 35.5. The fourth-order valence-corrected chi connectivity index (χ4v) is 4.01. The number of rotatable bonds is 8. The van der Waals surface area contributed by atoms with Gasteiger partial charge in [-0.25, -0.2) is 4.98 Å². The first kappa shape index (κ1) is 21.7. The van der Waals surface area contributed by atoms with E-state index in [-0.39, 0.29) is 18.4 Å². The second-order valence-corrected chi connectivity index (χ2v) is 8.48. The molecule has 0 bridgehead atoms. The zero-order valence-electron chi connectivity index (χ0n) is 16.4. The average molecular weight is 437 g/mol. The predicted octanol–water partition coefficient (Wildman–Crippen LogP) is 2.91. The fraction of sp³-hybridized carbons (Fsp3) is 0.450. The lowest BCUT2D eigenvalue weighted by molar-refractivity contribution is -0.116. The summed E-state index contributed by atoms with van der Waals surface area (Å²) in [6.07, 6.45) is 2.47. The zero-order chi connectivity index (χ0) is 20.6. The number of morpholine rings is 1. The number of ether oxygens (including phenoxy) is 1. The number of nitrogens with zero attached hydrogens (tertiary/aromatic N) is 3. The minimum Gasteiger partial charge on any atom is -0.379 e. The topological polar surface area (TPSA) is 74.8 Å². The minimum atomic E-state index is -0.272. The van der Waals surface area contributed by atoms with Gasteiger partial charge in [0.2, 0.25) is 5.91 Å². The van der Waals surface area contributed by atoms with Crippen LogP contribution in [-0.2, 0) is 9.53 Å². The molecule has 2 amide bonds. The summed E-state index contributed by atoms with van der Waals surface area (Å²) >= 11 is 7.61. The van der Waals surface area contributed by atoms with Gasteiger partial charge in [0, 0.05) is 37.3 Å². The van der Waals surface area contributed by atoms with Crippen LogP contribution in [0.25, 0.3) is 0 Å². The maximum Gasteiger partial charge on any atom is 0.255 e. The van der Waals surface area contributed by atoms with Crippen molar-refractivity contribution in [3.63, 3.8) is 0 Å². The number of benzene rings is 1. The number of aryl methyl sites for hydroxylation is 1. The molecule has 1 saturated heterocycles. The molecule has 7 nitrogen and oxygen atoms in total. The van der Waals surface area contributed by atoms with Crippen molar-refractivity contribution in [2.24, 2.45) is 0 Å². The zero-order valence-corrected chi connectivity index (χ0v) is 18.0. The van der Waals surface area contributed by atoms with E-state index in [2.05, 4.69) is 15.2 Å². The van der Waals surface area contributed by atoms with Crippen molar-refractivity contribution in [1.82, 2.24) is 14.8 Å². The molecule has 3 rings (SSSR count). The number of thiazole rings is 1. The molecule has 0 saturated carbocycles. The predicted molar refractivity (Wildman–Crippen MR) is 115 cm³/mol. The summed E-state index contributed by atoms with van der Waals surface area (Å²) in [5.74, 6) is -0.519. The first-order valence-electron chi connectivity index (χ1n) is 9.59. The molecule has 156 valence electrons. The Hall–Kier alpha value is -2.00. The van der Waals surface area contributed by atoms with Gasteiger partial charge in [0.05, 0.1) is 23.8 Å². The largest absolute Gasteiger partial charge is 0.379 e. The molecular formula is C20H25ClN4O3S. The maximum absolute atomic E-state index is 13.1. The number of carbonyl (C=O) groups is 2. The first-order chi connectivity index (χ1) is 14.0. The van der Waals surface area contributed by atoms with Gasteiger partial charge in [0.15, 0.2) is 5.13 Å². The smallest absolute Gasteiger partial charge is 0.255 e. The van der Waals surface area contributed by atoms with Crippen molar-refractivity contribution < 1.29 is 14.3 Å². The number of anilines is 1. The van der Waals surface area contributed by atoms with Crippen LogP contribution in [0, 0.1) is 6.92 Å². The molecule has 0 spiro atoms. The van der Waals surface area contributed by atoms with Crippen LogP contribution in [-0.4, -0.2) is 72.5 Å². The monoisotopic (exact) mass is 436 g/mol. The van der Waals surface area contributed by atoms with Gasteiger partial charge >= 0.3 is 0 Å². The van der Waals surface area contributed by atoms with Gasteiger partial charge in [0.1, 0.15) is 6.54 Å². The third kappa shape index (κ3) is 6.50. The van der Waals surface area contributed by atoms with E-state index in [4.69, 9.17) is 16.3 Å². The summed E-state index contributed by atoms with van der Waals surface area (Å²) in [5, 5.41) is 3.68. The molecule has 1 aliphatic rings. The molecule has 1 fully saturated rings. The van der Waals surface area contributed by atoms with Gasteiger partial charge in [0.25, 0.3) is 5.91 Å². The van der Waals surface area contributed by atoms with Crippen molar-refractivity contribution in [1.29, 1.82) is 0 Å². The van der Waals surface area contributed by atoms with Crippen LogP contribution in [0.2, 0.25) is 5.02 Å². The van der Waals surface area contributed by atoms with E-state index in [0.29, 0.717) is 22.3 Å². The van der Waals surface area contributed by atoms with Crippen LogP contribution in [0.4, 0.5) is 5.13 Å². The SMILES string of the molecule is Cc1cnc(NC(=O)CN(CCCN2CCOCC2)C(=O)c2ccccc2Cl)s1. The Morgan fingerprint density at radius 3 is 2.76 bits per heavy atom. The summed E-state index contributed by atoms with van der Waals surface area (Å²) in [5.41, 5.74) is 0.401. The summed E-state index contributed by atoms with van der Waals surface area (Å²) in [6.45, 7) is 6.44. The van der Waals surface area contributed by atoms with E-state index < -0.39 is 0 Å². The van der Waals surface area contributed by atoms with E-state index >= 15 is 0 Å². The molecule has 2 heterocycles. The summed E-state index contributed by atoms with van der Waals surface area (Å²) in [4.78, 5) is 34.6. The molecule has 0 aliphatic carbocycles. The van der Waals surface area contributed by atoms with Crippen molar-refractivity contribution >= 4 is 39.9 Å². The van der Waals surface area contributed by atoms with Gasteiger partial charge in [-0.05, 0) is 25.5 Å². The number of aromatic nitrogens is 1. The Labute approximate surface area is 179 Å². The van der Waals surface area contributed by atoms with E-state index in [1.165, 1.54) is 11.3 Å². The molecule has 1 aliphatic heterocycles. The van der Waals surface area contributed by atoms with E-state index in [1.807, 2.05) is 6.92 Å². The number of nitrogens with one attached hydrogen (secondary N) is 1. The summed E-state index contributed by atoms with van der Waals surface area (Å²) in [7, 11) is 0. The Morgan fingerprint density at radius 1 is 1.31 bits per heavy atom. The molecule has 29 heavy (non-hydrogen) atoms. The number of halogens is 1. The fourth-order valence-electron chi connectivity index (χ4n) is 3.11. The highest BCUT2D eigenvalue weighted by molar-refractivity contribution is 7.15. The minimum absolute atomic E-state index is 0.0498. The lowest BCUT2D eigenvalue weighted by Gasteiger charge is -2.28. The third-order valence-electron chi connectivity index (χ3n) is 4.60. The van der Waals surface area contributed by atoms with Gasteiger partial charge in [-0.1, -0.05) is 23.7 Å². The van der Waals surface area contributed by atoms with E-state index in [9.17, 15) is 9.59 Å². The summed E-state index contributed by atoms with van der Waals surface area (Å²) in [6, 6.07) is 6.91. The molecular weight excluding hydrogens is 412 g/mol. The third-order valence-corrected chi connectivity index (χ3v) is 5.76. The molecule has 1 N–H and O–H groups in total. The quantitative estimate of drug-likeness (QED) is 0.688. The highest BCUT2D eigenvalue weighted by Crippen LogP contribution is 2.19. The standard InChI is InChI=1S/C20H25ClN4O3S/c1-15-13-22-20(29-15)23-18(26)14-25(8-4-7-24-9-11-28-12-10-24)19(27)16-5-2-3-6-17(16)21/h2-3,5-6,13H,4,7-12,14H2,1H3,(H,22,23,26). The normalized spacial score (nSPS) is 14.6. The first-order valence-corrected chi connectivity index (χ1v) is 10.8. The second kappa shape index (κ2) is 10.7. The van der Waals surface area contributed by atoms with E-state index in [0.717, 1.165) is 44.1 Å². The number of hydrogen-bond acceptors (Lipinski definition) is 6. The number of carbonyl (C=O) groups excluding carboxylic acids is 2. The highest BCUT2D eigenvalue weighted by Gasteiger charge is 2.21. The Balaban J connectivity index is 1.63. The van der Waals surface area contributed by atoms with E-state index in [1.54, 1.807) is 35.4 Å². The maximum atomic E-state index is 13.1. The Morgan fingerprint density at radius 2 is 2.07 bits per heavy atom. The van der Waals surface area contributed by atoms with Crippen LogP contribution in [0.1, 0.15) is 21.7 Å².